The summed E-state index contributed by atoms with van der Waals surface area (Å²) >= 11 is 0. The Hall–Kier alpha value is -0.120. The fourth-order valence-electron chi connectivity index (χ4n) is 2.40. The lowest BCUT2D eigenvalue weighted by atomic mass is 9.98. The van der Waals surface area contributed by atoms with Crippen LogP contribution >= 0.6 is 0 Å². The molecular weight excluding hydrogens is 200 g/mol. The number of rotatable bonds is 6. The van der Waals surface area contributed by atoms with Crippen LogP contribution in [0.4, 0.5) is 0 Å². The summed E-state index contributed by atoms with van der Waals surface area (Å²) in [6.07, 6.45) is 1.58. The summed E-state index contributed by atoms with van der Waals surface area (Å²) < 4.78 is 5.92. The second-order valence-corrected chi connectivity index (χ2v) is 5.10. The second-order valence-electron chi connectivity index (χ2n) is 5.10. The zero-order valence-electron chi connectivity index (χ0n) is 11.3. The van der Waals surface area contributed by atoms with Gasteiger partial charge in [0.2, 0.25) is 0 Å². The zero-order chi connectivity index (χ0) is 12.0. The number of hydrogen-bond acceptors (Lipinski definition) is 3. The van der Waals surface area contributed by atoms with Gasteiger partial charge in [0.1, 0.15) is 0 Å². The van der Waals surface area contributed by atoms with Crippen LogP contribution in [0.3, 0.4) is 0 Å². The van der Waals surface area contributed by atoms with E-state index in [-0.39, 0.29) is 0 Å². The van der Waals surface area contributed by atoms with E-state index in [9.17, 15) is 0 Å². The van der Waals surface area contributed by atoms with E-state index in [2.05, 4.69) is 37.9 Å². The molecule has 1 N–H and O–H groups in total. The summed E-state index contributed by atoms with van der Waals surface area (Å²) in [6, 6.07) is 0.513. The molecule has 3 heteroatoms. The summed E-state index contributed by atoms with van der Waals surface area (Å²) in [5.41, 5.74) is 0. The van der Waals surface area contributed by atoms with E-state index in [1.807, 2.05) is 0 Å². The molecule has 1 heterocycles. The van der Waals surface area contributed by atoms with E-state index < -0.39 is 0 Å². The maximum absolute atomic E-state index is 5.92. The predicted molar refractivity (Wildman–Crippen MR) is 68.8 cm³/mol. The molecule has 0 radical (unpaired) electrons. The van der Waals surface area contributed by atoms with E-state index in [0.717, 1.165) is 38.7 Å². The van der Waals surface area contributed by atoms with E-state index in [1.54, 1.807) is 0 Å². The van der Waals surface area contributed by atoms with Crippen molar-refractivity contribution in [3.05, 3.63) is 0 Å². The number of hydrogen-bond donors (Lipinski definition) is 1. The molecule has 96 valence electrons. The number of nitrogens with zero attached hydrogens (tertiary/aromatic N) is 1. The Morgan fingerprint density at radius 2 is 2.12 bits per heavy atom. The average molecular weight is 228 g/mol. The van der Waals surface area contributed by atoms with Gasteiger partial charge in [-0.15, -0.1) is 0 Å². The number of nitrogens with one attached hydrogen (secondary N) is 1. The quantitative estimate of drug-likeness (QED) is 0.749. The second kappa shape index (κ2) is 7.25. The standard InChI is InChI=1S/C13H28N2O/c1-5-14-12(9-11(3)4)13-10-15(6-2)7-8-16-13/h11-14H,5-10H2,1-4H3. The van der Waals surface area contributed by atoms with Crippen molar-refractivity contribution in [2.24, 2.45) is 5.92 Å². The van der Waals surface area contributed by atoms with Crippen LogP contribution in [0.1, 0.15) is 34.1 Å². The van der Waals surface area contributed by atoms with Gasteiger partial charge in [-0.2, -0.15) is 0 Å². The molecule has 3 nitrogen and oxygen atoms in total. The first-order valence-corrected chi connectivity index (χ1v) is 6.74. The maximum Gasteiger partial charge on any atom is 0.0855 e. The summed E-state index contributed by atoms with van der Waals surface area (Å²) in [5.74, 6) is 0.727. The topological polar surface area (TPSA) is 24.5 Å². The number of morpholine rings is 1. The number of ether oxygens (including phenoxy) is 1. The highest BCUT2D eigenvalue weighted by Crippen LogP contribution is 2.15. The van der Waals surface area contributed by atoms with Crippen molar-refractivity contribution in [2.75, 3.05) is 32.8 Å². The van der Waals surface area contributed by atoms with Crippen LogP contribution in [0.2, 0.25) is 0 Å². The summed E-state index contributed by atoms with van der Waals surface area (Å²) in [5, 5.41) is 3.58. The Morgan fingerprint density at radius 3 is 2.69 bits per heavy atom. The van der Waals surface area contributed by atoms with Gasteiger partial charge in [0.05, 0.1) is 12.7 Å². The van der Waals surface area contributed by atoms with Crippen LogP contribution in [-0.4, -0.2) is 49.8 Å². The molecular formula is C13H28N2O. The average Bonchev–Trinajstić information content (AvgIpc) is 2.28. The largest absolute Gasteiger partial charge is 0.374 e. The molecule has 0 aromatic heterocycles. The molecule has 2 atom stereocenters. The van der Waals surface area contributed by atoms with E-state index in [4.69, 9.17) is 4.74 Å². The molecule has 1 aliphatic heterocycles. The first kappa shape index (κ1) is 13.9. The number of likely N-dealkylation sites (N-methyl/N-ethyl adjacent to an activating group) is 2. The van der Waals surface area contributed by atoms with Crippen molar-refractivity contribution < 1.29 is 4.74 Å². The first-order valence-electron chi connectivity index (χ1n) is 6.74. The summed E-state index contributed by atoms with van der Waals surface area (Å²) in [7, 11) is 0. The van der Waals surface area contributed by atoms with Crippen molar-refractivity contribution in [3.8, 4) is 0 Å². The molecule has 1 aliphatic rings. The third-order valence-corrected chi connectivity index (χ3v) is 3.27. The normalized spacial score (nSPS) is 24.9. The lowest BCUT2D eigenvalue weighted by Crippen LogP contribution is -2.52. The third-order valence-electron chi connectivity index (χ3n) is 3.27. The molecule has 0 spiro atoms. The van der Waals surface area contributed by atoms with Crippen LogP contribution in [0.15, 0.2) is 0 Å². The van der Waals surface area contributed by atoms with Crippen LogP contribution in [0.25, 0.3) is 0 Å². The molecule has 0 bridgehead atoms. The Balaban J connectivity index is 2.48. The van der Waals surface area contributed by atoms with Gasteiger partial charge in [0, 0.05) is 19.1 Å². The van der Waals surface area contributed by atoms with E-state index in [0.29, 0.717) is 12.1 Å². The molecule has 0 saturated carbocycles. The van der Waals surface area contributed by atoms with E-state index in [1.165, 1.54) is 6.42 Å². The molecule has 0 aliphatic carbocycles. The predicted octanol–water partition coefficient (Wildman–Crippen LogP) is 1.73. The van der Waals surface area contributed by atoms with Crippen molar-refractivity contribution in [1.29, 1.82) is 0 Å². The molecule has 0 aromatic rings. The zero-order valence-corrected chi connectivity index (χ0v) is 11.3. The van der Waals surface area contributed by atoms with Crippen LogP contribution < -0.4 is 5.32 Å². The first-order chi connectivity index (χ1) is 7.67. The fourth-order valence-corrected chi connectivity index (χ4v) is 2.40. The molecule has 16 heavy (non-hydrogen) atoms. The van der Waals surface area contributed by atoms with E-state index >= 15 is 0 Å². The van der Waals surface area contributed by atoms with Gasteiger partial charge < -0.3 is 10.1 Å². The van der Waals surface area contributed by atoms with Crippen molar-refractivity contribution >= 4 is 0 Å². The van der Waals surface area contributed by atoms with Gasteiger partial charge in [-0.3, -0.25) is 4.90 Å². The van der Waals surface area contributed by atoms with Crippen molar-refractivity contribution in [2.45, 2.75) is 46.3 Å². The third kappa shape index (κ3) is 4.40. The fraction of sp³-hybridized carbons (Fsp3) is 1.00. The Bertz CT molecular complexity index is 185. The minimum absolute atomic E-state index is 0.371. The van der Waals surface area contributed by atoms with Crippen LogP contribution in [-0.2, 0) is 4.74 Å². The Kier molecular flexibility index (Phi) is 6.32. The summed E-state index contributed by atoms with van der Waals surface area (Å²) in [6.45, 7) is 14.2. The molecule has 0 aromatic carbocycles. The molecule has 2 unspecified atom stereocenters. The maximum atomic E-state index is 5.92. The van der Waals surface area contributed by atoms with Gasteiger partial charge in [0.15, 0.2) is 0 Å². The minimum atomic E-state index is 0.371. The molecule has 1 saturated heterocycles. The van der Waals surface area contributed by atoms with Gasteiger partial charge in [-0.1, -0.05) is 27.7 Å². The van der Waals surface area contributed by atoms with Crippen LogP contribution in [0, 0.1) is 5.92 Å². The van der Waals surface area contributed by atoms with Gasteiger partial charge in [0.25, 0.3) is 0 Å². The van der Waals surface area contributed by atoms with Crippen LogP contribution in [0.5, 0.6) is 0 Å². The monoisotopic (exact) mass is 228 g/mol. The lowest BCUT2D eigenvalue weighted by molar-refractivity contribution is -0.0476. The Morgan fingerprint density at radius 1 is 1.38 bits per heavy atom. The summed E-state index contributed by atoms with van der Waals surface area (Å²) in [4.78, 5) is 2.48. The van der Waals surface area contributed by atoms with Gasteiger partial charge in [-0.25, -0.2) is 0 Å². The highest BCUT2D eigenvalue weighted by atomic mass is 16.5. The lowest BCUT2D eigenvalue weighted by Gasteiger charge is -2.37. The molecule has 0 amide bonds. The SMILES string of the molecule is CCNC(CC(C)C)C1CN(CC)CCO1. The van der Waals surface area contributed by atoms with Crippen molar-refractivity contribution in [1.82, 2.24) is 10.2 Å². The van der Waals surface area contributed by atoms with Gasteiger partial charge in [-0.05, 0) is 25.4 Å². The molecule has 1 rings (SSSR count). The van der Waals surface area contributed by atoms with Crippen molar-refractivity contribution in [3.63, 3.8) is 0 Å². The van der Waals surface area contributed by atoms with Gasteiger partial charge >= 0.3 is 0 Å². The smallest absolute Gasteiger partial charge is 0.0855 e. The highest BCUT2D eigenvalue weighted by molar-refractivity contribution is 4.83. The molecule has 1 fully saturated rings. The Labute approximate surface area is 101 Å². The minimum Gasteiger partial charge on any atom is -0.374 e. The highest BCUT2D eigenvalue weighted by Gasteiger charge is 2.27.